The average molecular weight is 507 g/mol. The van der Waals surface area contributed by atoms with Gasteiger partial charge in [0.25, 0.3) is 0 Å². The van der Waals surface area contributed by atoms with Gasteiger partial charge < -0.3 is 25.0 Å². The number of amides is 2. The molecule has 1 aliphatic carbocycles. The Morgan fingerprint density at radius 2 is 1.76 bits per heavy atom. The maximum Gasteiger partial charge on any atom is 0.247 e. The van der Waals surface area contributed by atoms with Crippen LogP contribution < -0.4 is 25.0 Å². The molecule has 2 aliphatic rings. The predicted molar refractivity (Wildman–Crippen MR) is 134 cm³/mol. The quantitative estimate of drug-likeness (QED) is 0.447. The zero-order valence-electron chi connectivity index (χ0n) is 20.2. The van der Waals surface area contributed by atoms with Crippen LogP contribution in [0.3, 0.4) is 0 Å². The molecule has 37 heavy (non-hydrogen) atoms. The third-order valence-electron chi connectivity index (χ3n) is 6.69. The van der Waals surface area contributed by atoms with Crippen LogP contribution in [0.15, 0.2) is 55.3 Å². The van der Waals surface area contributed by atoms with Gasteiger partial charge in [0.2, 0.25) is 11.8 Å². The maximum atomic E-state index is 15.2. The first kappa shape index (κ1) is 24.2. The maximum absolute atomic E-state index is 15.2. The van der Waals surface area contributed by atoms with E-state index in [1.165, 1.54) is 20.3 Å². The topological polar surface area (TPSA) is 92.8 Å². The van der Waals surface area contributed by atoms with Crippen molar-refractivity contribution in [1.82, 2.24) is 4.98 Å². The van der Waals surface area contributed by atoms with Gasteiger partial charge in [0, 0.05) is 12.3 Å². The van der Waals surface area contributed by atoms with Gasteiger partial charge in [-0.25, -0.2) is 13.8 Å². The summed E-state index contributed by atoms with van der Waals surface area (Å²) in [6, 6.07) is 9.99. The molecular weight excluding hydrogens is 482 g/mol. The van der Waals surface area contributed by atoms with Crippen LogP contribution in [-0.2, 0) is 21.5 Å². The van der Waals surface area contributed by atoms with Crippen molar-refractivity contribution in [2.75, 3.05) is 29.8 Å². The lowest BCUT2D eigenvalue weighted by Gasteiger charge is -2.35. The molecule has 1 fully saturated rings. The van der Waals surface area contributed by atoms with Crippen LogP contribution in [0, 0.1) is 11.6 Å². The second-order valence-electron chi connectivity index (χ2n) is 8.82. The Labute approximate surface area is 211 Å². The van der Waals surface area contributed by atoms with E-state index in [1.807, 2.05) is 0 Å². The van der Waals surface area contributed by atoms with E-state index in [2.05, 4.69) is 22.2 Å². The minimum Gasteiger partial charge on any atom is -0.493 e. The number of carbonyl (C=O) groups is 2. The molecule has 190 valence electrons. The Kier molecular flexibility index (Phi) is 6.02. The molecule has 0 radical (unpaired) electrons. The number of nitrogens with zero attached hydrogens (tertiary/aromatic N) is 2. The fraction of sp³-hybridized carbons (Fsp3) is 0.222. The number of hydrogen-bond acceptors (Lipinski definition) is 6. The van der Waals surface area contributed by atoms with E-state index in [1.54, 1.807) is 36.5 Å². The smallest absolute Gasteiger partial charge is 0.247 e. The summed E-state index contributed by atoms with van der Waals surface area (Å²) in [4.78, 5) is 31.0. The highest BCUT2D eigenvalue weighted by Crippen LogP contribution is 2.55. The molecule has 1 saturated carbocycles. The molecule has 2 aromatic carbocycles. The summed E-state index contributed by atoms with van der Waals surface area (Å²) in [7, 11) is 2.52. The minimum absolute atomic E-state index is 0.0701. The van der Waals surface area contributed by atoms with Gasteiger partial charge in [0.1, 0.15) is 11.5 Å². The molecule has 0 atom stereocenters. The number of anilines is 4. The molecule has 1 spiro atoms. The van der Waals surface area contributed by atoms with Crippen LogP contribution in [0.2, 0.25) is 0 Å². The highest BCUT2D eigenvalue weighted by Gasteiger charge is 2.57. The zero-order valence-corrected chi connectivity index (χ0v) is 20.2. The number of carbonyl (C=O) groups excluding carboxylic acids is 2. The van der Waals surface area contributed by atoms with Gasteiger partial charge in [-0.3, -0.25) is 9.59 Å². The predicted octanol–water partition coefficient (Wildman–Crippen LogP) is 4.82. The van der Waals surface area contributed by atoms with Crippen LogP contribution in [0.5, 0.6) is 11.5 Å². The van der Waals surface area contributed by atoms with Crippen LogP contribution in [0.1, 0.15) is 24.0 Å². The van der Waals surface area contributed by atoms with Gasteiger partial charge in [-0.1, -0.05) is 18.7 Å². The van der Waals surface area contributed by atoms with E-state index >= 15 is 8.78 Å². The number of benzene rings is 2. The van der Waals surface area contributed by atoms with E-state index in [-0.39, 0.29) is 24.0 Å². The summed E-state index contributed by atoms with van der Waals surface area (Å²) < 4.78 is 40.6. The van der Waals surface area contributed by atoms with E-state index in [0.29, 0.717) is 35.6 Å². The summed E-state index contributed by atoms with van der Waals surface area (Å²) in [5.74, 6) is -2.69. The number of para-hydroxylation sites is 2. The van der Waals surface area contributed by atoms with Crippen molar-refractivity contribution in [2.24, 2.45) is 0 Å². The Morgan fingerprint density at radius 1 is 1.11 bits per heavy atom. The number of aromatic nitrogens is 1. The fourth-order valence-corrected chi connectivity index (χ4v) is 4.66. The second kappa shape index (κ2) is 9.20. The van der Waals surface area contributed by atoms with Gasteiger partial charge in [0.05, 0.1) is 37.6 Å². The van der Waals surface area contributed by atoms with Gasteiger partial charge >= 0.3 is 0 Å². The Hall–Kier alpha value is -4.47. The molecule has 8 nitrogen and oxygen atoms in total. The van der Waals surface area contributed by atoms with Crippen LogP contribution >= 0.6 is 0 Å². The van der Waals surface area contributed by atoms with E-state index in [9.17, 15) is 9.59 Å². The van der Waals surface area contributed by atoms with Crippen LogP contribution in [-0.4, -0.2) is 31.0 Å². The number of ether oxygens (including phenoxy) is 2. The Balaban J connectivity index is 1.52. The van der Waals surface area contributed by atoms with E-state index < -0.39 is 28.6 Å². The summed E-state index contributed by atoms with van der Waals surface area (Å²) in [6.45, 7) is 3.40. The molecule has 1 aliphatic heterocycles. The molecule has 3 aromatic rings. The van der Waals surface area contributed by atoms with Gasteiger partial charge in [-0.2, -0.15) is 0 Å². The second-order valence-corrected chi connectivity index (χ2v) is 8.82. The number of pyridine rings is 1. The highest BCUT2D eigenvalue weighted by molar-refractivity contribution is 6.06. The molecule has 2 N–H and O–H groups in total. The molecule has 10 heteroatoms. The van der Waals surface area contributed by atoms with E-state index in [4.69, 9.17) is 9.47 Å². The Bertz CT molecular complexity index is 1410. The first-order chi connectivity index (χ1) is 17.8. The lowest BCUT2D eigenvalue weighted by atomic mass is 9.86. The molecular formula is C27H24F2N4O4. The number of halogens is 2. The lowest BCUT2D eigenvalue weighted by molar-refractivity contribution is -0.121. The first-order valence-corrected chi connectivity index (χ1v) is 11.5. The summed E-state index contributed by atoms with van der Waals surface area (Å²) in [5.41, 5.74) is 1.16. The third kappa shape index (κ3) is 4.04. The molecule has 0 unspecified atom stereocenters. The van der Waals surface area contributed by atoms with Gasteiger partial charge in [-0.15, -0.1) is 0 Å². The highest BCUT2D eigenvalue weighted by atomic mass is 19.1. The number of fused-ring (bicyclic) bond motifs is 2. The van der Waals surface area contributed by atoms with Crippen molar-refractivity contribution in [1.29, 1.82) is 0 Å². The molecule has 2 amide bonds. The summed E-state index contributed by atoms with van der Waals surface area (Å²) in [6.07, 6.45) is 3.84. The Morgan fingerprint density at radius 3 is 2.35 bits per heavy atom. The first-order valence-electron chi connectivity index (χ1n) is 11.5. The zero-order chi connectivity index (χ0) is 26.3. The standard InChI is InChI=1S/C27H24F2N4O4/c1-4-22(34)32-18-8-6-5-7-17(18)31-21-11-16-15(13-30-21)14-33(26(35)27(16)9-10-27)25-23(28)19(36-2)12-20(37-3)24(25)29/h4-8,11-13H,1,9-10,14H2,2-3H3,(H,30,31)(H,32,34). The number of nitrogens with one attached hydrogen (secondary N) is 2. The average Bonchev–Trinajstić information content (AvgIpc) is 3.70. The number of hydrogen-bond donors (Lipinski definition) is 2. The molecule has 5 rings (SSSR count). The normalized spacial score (nSPS) is 15.1. The van der Waals surface area contributed by atoms with E-state index in [0.717, 1.165) is 16.5 Å². The van der Waals surface area contributed by atoms with Crippen molar-refractivity contribution in [3.8, 4) is 11.5 Å². The SMILES string of the molecule is C=CC(=O)Nc1ccccc1Nc1cc2c(cn1)CN(c1c(F)c(OC)cc(OC)c1F)C(=O)C21CC1. The summed E-state index contributed by atoms with van der Waals surface area (Å²) in [5, 5.41) is 5.92. The van der Waals surface area contributed by atoms with Crippen molar-refractivity contribution in [3.05, 3.63) is 78.0 Å². The molecule has 0 bridgehead atoms. The number of rotatable bonds is 7. The van der Waals surface area contributed by atoms with Crippen molar-refractivity contribution in [3.63, 3.8) is 0 Å². The number of methoxy groups -OCH3 is 2. The van der Waals surface area contributed by atoms with Gasteiger partial charge in [0.15, 0.2) is 23.1 Å². The van der Waals surface area contributed by atoms with Crippen molar-refractivity contribution < 1.29 is 27.8 Å². The third-order valence-corrected chi connectivity index (χ3v) is 6.69. The largest absolute Gasteiger partial charge is 0.493 e. The van der Waals surface area contributed by atoms with Gasteiger partial charge in [-0.05, 0) is 48.2 Å². The monoisotopic (exact) mass is 506 g/mol. The van der Waals surface area contributed by atoms with Crippen LogP contribution in [0.25, 0.3) is 0 Å². The molecule has 1 aromatic heterocycles. The van der Waals surface area contributed by atoms with Crippen molar-refractivity contribution >= 4 is 34.7 Å². The lowest BCUT2D eigenvalue weighted by Crippen LogP contribution is -2.45. The van der Waals surface area contributed by atoms with Crippen LogP contribution in [0.4, 0.5) is 31.7 Å². The summed E-state index contributed by atoms with van der Waals surface area (Å²) >= 11 is 0. The molecule has 0 saturated heterocycles. The molecule has 2 heterocycles. The fourth-order valence-electron chi connectivity index (χ4n) is 4.66. The minimum atomic E-state index is -0.974. The van der Waals surface area contributed by atoms with Crippen molar-refractivity contribution in [2.45, 2.75) is 24.8 Å².